The lowest BCUT2D eigenvalue weighted by molar-refractivity contribution is 0.566. The summed E-state index contributed by atoms with van der Waals surface area (Å²) in [6.45, 7) is 3.93. The third-order valence-corrected chi connectivity index (χ3v) is 5.22. The van der Waals surface area contributed by atoms with Crippen LogP contribution in [0.3, 0.4) is 0 Å². The first-order chi connectivity index (χ1) is 9.95. The lowest BCUT2D eigenvalue weighted by Gasteiger charge is -2.17. The number of nitrogens with one attached hydrogen (secondary N) is 1. The molecule has 4 nitrogen and oxygen atoms in total. The molecule has 2 aromatic carbocycles. The highest BCUT2D eigenvalue weighted by Crippen LogP contribution is 2.21. The molecule has 112 valence electrons. The van der Waals surface area contributed by atoms with E-state index in [1.54, 1.807) is 19.1 Å². The van der Waals surface area contributed by atoms with Gasteiger partial charge in [-0.25, -0.2) is 13.1 Å². The van der Waals surface area contributed by atoms with E-state index in [1.807, 2.05) is 43.3 Å². The quantitative estimate of drug-likeness (QED) is 0.891. The molecule has 0 aliphatic heterocycles. The van der Waals surface area contributed by atoms with E-state index in [-0.39, 0.29) is 10.9 Å². The van der Waals surface area contributed by atoms with Gasteiger partial charge in [0.15, 0.2) is 0 Å². The molecule has 21 heavy (non-hydrogen) atoms. The van der Waals surface area contributed by atoms with Gasteiger partial charge in [0.1, 0.15) is 0 Å². The second kappa shape index (κ2) is 6.39. The molecule has 2 aromatic rings. The molecular formula is C16H20N2O2S. The Kier molecular flexibility index (Phi) is 4.77. The van der Waals surface area contributed by atoms with Crippen LogP contribution in [0.25, 0.3) is 0 Å². The van der Waals surface area contributed by atoms with Gasteiger partial charge >= 0.3 is 0 Å². The van der Waals surface area contributed by atoms with E-state index in [0.29, 0.717) is 12.1 Å². The Hall–Kier alpha value is -1.69. The molecule has 0 aliphatic rings. The van der Waals surface area contributed by atoms with Crippen LogP contribution in [0.4, 0.5) is 0 Å². The molecular weight excluding hydrogens is 284 g/mol. The smallest absolute Gasteiger partial charge is 0.241 e. The maximum Gasteiger partial charge on any atom is 0.241 e. The predicted molar refractivity (Wildman–Crippen MR) is 84.2 cm³/mol. The fourth-order valence-electron chi connectivity index (χ4n) is 2.28. The van der Waals surface area contributed by atoms with Crippen LogP contribution in [0, 0.1) is 6.92 Å². The number of hydrogen-bond acceptors (Lipinski definition) is 3. The first kappa shape index (κ1) is 15.7. The average molecular weight is 304 g/mol. The Balaban J connectivity index is 2.31. The summed E-state index contributed by atoms with van der Waals surface area (Å²) in [5.41, 5.74) is 8.10. The molecule has 0 saturated heterocycles. The molecule has 0 spiro atoms. The molecule has 1 unspecified atom stereocenters. The normalized spacial score (nSPS) is 13.1. The summed E-state index contributed by atoms with van der Waals surface area (Å²) < 4.78 is 27.8. The van der Waals surface area contributed by atoms with Crippen molar-refractivity contribution in [3.05, 3.63) is 65.2 Å². The van der Waals surface area contributed by atoms with E-state index in [1.165, 1.54) is 0 Å². The van der Waals surface area contributed by atoms with Crippen LogP contribution in [0.2, 0.25) is 0 Å². The standard InChI is InChI=1S/C16H20N2O2S/c1-12-15(11-17)9-6-10-16(12)21(19,20)18-13(2)14-7-4-3-5-8-14/h3-10,13,18H,11,17H2,1-2H3. The van der Waals surface area contributed by atoms with E-state index < -0.39 is 10.0 Å². The lowest BCUT2D eigenvalue weighted by atomic mass is 10.1. The fraction of sp³-hybridized carbons (Fsp3) is 0.250. The highest BCUT2D eigenvalue weighted by Gasteiger charge is 2.21. The summed E-state index contributed by atoms with van der Waals surface area (Å²) in [4.78, 5) is 0.285. The van der Waals surface area contributed by atoms with Gasteiger partial charge in [0.05, 0.1) is 4.90 Å². The molecule has 0 heterocycles. The highest BCUT2D eigenvalue weighted by atomic mass is 32.2. The van der Waals surface area contributed by atoms with Gasteiger partial charge in [-0.1, -0.05) is 42.5 Å². The van der Waals surface area contributed by atoms with Gasteiger partial charge in [0, 0.05) is 12.6 Å². The van der Waals surface area contributed by atoms with Crippen LogP contribution in [0.15, 0.2) is 53.4 Å². The van der Waals surface area contributed by atoms with Crippen molar-refractivity contribution in [1.82, 2.24) is 4.72 Å². The van der Waals surface area contributed by atoms with Gasteiger partial charge in [0.2, 0.25) is 10.0 Å². The van der Waals surface area contributed by atoms with Gasteiger partial charge in [-0.15, -0.1) is 0 Å². The van der Waals surface area contributed by atoms with Crippen molar-refractivity contribution in [2.75, 3.05) is 0 Å². The van der Waals surface area contributed by atoms with Crippen molar-refractivity contribution in [2.24, 2.45) is 5.73 Å². The van der Waals surface area contributed by atoms with Crippen molar-refractivity contribution in [1.29, 1.82) is 0 Å². The van der Waals surface area contributed by atoms with E-state index in [4.69, 9.17) is 5.73 Å². The minimum atomic E-state index is -3.58. The Morgan fingerprint density at radius 1 is 1.10 bits per heavy atom. The molecule has 0 amide bonds. The predicted octanol–water partition coefficient (Wildman–Crippen LogP) is 2.49. The topological polar surface area (TPSA) is 72.2 Å². The second-order valence-electron chi connectivity index (χ2n) is 5.00. The molecule has 0 radical (unpaired) electrons. The first-order valence-electron chi connectivity index (χ1n) is 6.81. The largest absolute Gasteiger partial charge is 0.326 e. The Bertz CT molecular complexity index is 712. The van der Waals surface area contributed by atoms with Crippen LogP contribution in [-0.4, -0.2) is 8.42 Å². The summed E-state index contributed by atoms with van der Waals surface area (Å²) in [7, 11) is -3.58. The van der Waals surface area contributed by atoms with Gasteiger partial charge in [-0.3, -0.25) is 0 Å². The maximum absolute atomic E-state index is 12.6. The van der Waals surface area contributed by atoms with E-state index in [9.17, 15) is 8.42 Å². The van der Waals surface area contributed by atoms with Gasteiger partial charge in [0.25, 0.3) is 0 Å². The molecule has 0 aromatic heterocycles. The molecule has 1 atom stereocenters. The number of nitrogens with two attached hydrogens (primary N) is 1. The first-order valence-corrected chi connectivity index (χ1v) is 8.30. The summed E-state index contributed by atoms with van der Waals surface area (Å²) in [5.74, 6) is 0. The number of rotatable bonds is 5. The van der Waals surface area contributed by atoms with Crippen molar-refractivity contribution >= 4 is 10.0 Å². The zero-order valence-electron chi connectivity index (χ0n) is 12.2. The Labute approximate surface area is 126 Å². The van der Waals surface area contributed by atoms with Crippen molar-refractivity contribution in [3.8, 4) is 0 Å². The van der Waals surface area contributed by atoms with Crippen molar-refractivity contribution < 1.29 is 8.42 Å². The minimum absolute atomic E-state index is 0.285. The molecule has 0 bridgehead atoms. The second-order valence-corrected chi connectivity index (χ2v) is 6.68. The summed E-state index contributed by atoms with van der Waals surface area (Å²) >= 11 is 0. The zero-order valence-corrected chi connectivity index (χ0v) is 13.0. The van der Waals surface area contributed by atoms with Crippen LogP contribution >= 0.6 is 0 Å². The third kappa shape index (κ3) is 3.50. The lowest BCUT2D eigenvalue weighted by Crippen LogP contribution is -2.27. The monoisotopic (exact) mass is 304 g/mol. The maximum atomic E-state index is 12.6. The summed E-state index contributed by atoms with van der Waals surface area (Å²) in [6.07, 6.45) is 0. The van der Waals surface area contributed by atoms with Crippen molar-refractivity contribution in [3.63, 3.8) is 0 Å². The van der Waals surface area contributed by atoms with Gasteiger partial charge in [-0.2, -0.15) is 0 Å². The average Bonchev–Trinajstić information content (AvgIpc) is 2.47. The Morgan fingerprint density at radius 2 is 1.76 bits per heavy atom. The molecule has 5 heteroatoms. The number of hydrogen-bond donors (Lipinski definition) is 2. The summed E-state index contributed by atoms with van der Waals surface area (Å²) in [5, 5.41) is 0. The van der Waals surface area contributed by atoms with E-state index >= 15 is 0 Å². The fourth-order valence-corrected chi connectivity index (χ4v) is 3.80. The molecule has 0 aliphatic carbocycles. The van der Waals surface area contributed by atoms with Crippen LogP contribution in [-0.2, 0) is 16.6 Å². The van der Waals surface area contributed by atoms with Gasteiger partial charge < -0.3 is 5.73 Å². The van der Waals surface area contributed by atoms with Crippen LogP contribution in [0.1, 0.15) is 29.7 Å². The Morgan fingerprint density at radius 3 is 2.38 bits per heavy atom. The van der Waals surface area contributed by atoms with Gasteiger partial charge in [-0.05, 0) is 36.6 Å². The van der Waals surface area contributed by atoms with Crippen molar-refractivity contribution in [2.45, 2.75) is 31.3 Å². The highest BCUT2D eigenvalue weighted by molar-refractivity contribution is 7.89. The SMILES string of the molecule is Cc1c(CN)cccc1S(=O)(=O)NC(C)c1ccccc1. The molecule has 0 saturated carbocycles. The third-order valence-electron chi connectivity index (χ3n) is 3.54. The number of sulfonamides is 1. The molecule has 0 fully saturated rings. The molecule has 3 N–H and O–H groups in total. The van der Waals surface area contributed by atoms with E-state index in [2.05, 4.69) is 4.72 Å². The van der Waals surface area contributed by atoms with Crippen LogP contribution in [0.5, 0.6) is 0 Å². The summed E-state index contributed by atoms with van der Waals surface area (Å²) in [6, 6.07) is 14.4. The minimum Gasteiger partial charge on any atom is -0.326 e. The zero-order chi connectivity index (χ0) is 15.5. The van der Waals surface area contributed by atoms with E-state index in [0.717, 1.165) is 11.1 Å². The molecule has 2 rings (SSSR count). The van der Waals surface area contributed by atoms with Crippen LogP contribution < -0.4 is 10.5 Å². The number of benzene rings is 2.